The molecule has 2 N–H and O–H groups in total. The van der Waals surface area contributed by atoms with E-state index in [4.69, 9.17) is 5.11 Å². The van der Waals surface area contributed by atoms with E-state index in [-0.39, 0.29) is 31.1 Å². The molecule has 0 spiro atoms. The molecule has 0 saturated carbocycles. The second-order valence-electron chi connectivity index (χ2n) is 4.86. The van der Waals surface area contributed by atoms with Crippen molar-refractivity contribution in [3.8, 4) is 0 Å². The minimum absolute atomic E-state index is 0.0353. The zero-order chi connectivity index (χ0) is 14.6. The molecule has 1 unspecified atom stereocenters. The van der Waals surface area contributed by atoms with Gasteiger partial charge in [0.25, 0.3) is 0 Å². The van der Waals surface area contributed by atoms with E-state index in [0.717, 1.165) is 11.3 Å². The minimum atomic E-state index is -1.10. The third-order valence-corrected chi connectivity index (χ3v) is 3.05. The number of hydrogen-bond acceptors (Lipinski definition) is 3. The van der Waals surface area contributed by atoms with Gasteiger partial charge in [-0.05, 0) is 20.3 Å². The number of carboxylic acid groups (broad SMARTS) is 1. The van der Waals surface area contributed by atoms with Gasteiger partial charge in [0.2, 0.25) is 5.91 Å². The quantitative estimate of drug-likeness (QED) is 0.759. The minimum Gasteiger partial charge on any atom is -0.480 e. The first-order valence-corrected chi connectivity index (χ1v) is 6.45. The van der Waals surface area contributed by atoms with Gasteiger partial charge in [0.1, 0.15) is 12.6 Å². The largest absolute Gasteiger partial charge is 0.480 e. The van der Waals surface area contributed by atoms with Crippen LogP contribution in [0, 0.1) is 0 Å². The van der Waals surface area contributed by atoms with Crippen molar-refractivity contribution in [1.29, 1.82) is 0 Å². The first kappa shape index (κ1) is 15.3. The fourth-order valence-electron chi connectivity index (χ4n) is 2.04. The molecule has 1 aliphatic heterocycles. The van der Waals surface area contributed by atoms with Crippen molar-refractivity contribution >= 4 is 17.9 Å². The fourth-order valence-corrected chi connectivity index (χ4v) is 2.04. The Morgan fingerprint density at radius 3 is 2.63 bits per heavy atom. The van der Waals surface area contributed by atoms with Crippen LogP contribution in [0.5, 0.6) is 0 Å². The number of amides is 3. The summed E-state index contributed by atoms with van der Waals surface area (Å²) in [7, 11) is 0. The fraction of sp³-hybridized carbons (Fsp3) is 0.750. The number of piperazine rings is 1. The molecule has 1 heterocycles. The molecule has 108 valence electrons. The molecule has 0 aromatic rings. The Kier molecular flexibility index (Phi) is 5.14. The third kappa shape index (κ3) is 3.59. The second kappa shape index (κ2) is 6.40. The van der Waals surface area contributed by atoms with Crippen LogP contribution in [0.3, 0.4) is 0 Å². The maximum atomic E-state index is 12.4. The Hall–Kier alpha value is -1.79. The van der Waals surface area contributed by atoms with Crippen molar-refractivity contribution in [2.45, 2.75) is 39.3 Å². The Labute approximate surface area is 112 Å². The lowest BCUT2D eigenvalue weighted by molar-refractivity contribution is -0.144. The summed E-state index contributed by atoms with van der Waals surface area (Å²) in [5.74, 6) is -1.43. The van der Waals surface area contributed by atoms with E-state index in [1.165, 1.54) is 0 Å². The molecule has 0 aliphatic carbocycles. The van der Waals surface area contributed by atoms with E-state index < -0.39 is 12.0 Å². The van der Waals surface area contributed by atoms with Crippen molar-refractivity contribution in [3.63, 3.8) is 0 Å². The predicted molar refractivity (Wildman–Crippen MR) is 68.7 cm³/mol. The van der Waals surface area contributed by atoms with Crippen LogP contribution >= 0.6 is 0 Å². The summed E-state index contributed by atoms with van der Waals surface area (Å²) in [6.45, 7) is 5.97. The number of aliphatic carboxylic acids is 1. The Balaban J connectivity index is 2.90. The van der Waals surface area contributed by atoms with Crippen LogP contribution in [-0.2, 0) is 9.59 Å². The van der Waals surface area contributed by atoms with Crippen LogP contribution in [0.1, 0.15) is 27.2 Å². The molecular formula is C12H21N3O4. The number of nitrogens with zero attached hydrogens (tertiary/aromatic N) is 2. The van der Waals surface area contributed by atoms with Crippen molar-refractivity contribution in [1.82, 2.24) is 15.1 Å². The molecule has 19 heavy (non-hydrogen) atoms. The lowest BCUT2D eigenvalue weighted by Crippen LogP contribution is -2.62. The van der Waals surface area contributed by atoms with Crippen LogP contribution in [0.4, 0.5) is 4.79 Å². The maximum absolute atomic E-state index is 12.4. The van der Waals surface area contributed by atoms with Crippen molar-refractivity contribution in [2.75, 3.05) is 19.6 Å². The van der Waals surface area contributed by atoms with E-state index in [1.54, 1.807) is 4.90 Å². The SMILES string of the molecule is CCCN(C(=O)N1CC(=O)NCC1C(=O)O)C(C)C. The molecule has 0 aromatic carbocycles. The summed E-state index contributed by atoms with van der Waals surface area (Å²) in [4.78, 5) is 37.7. The van der Waals surface area contributed by atoms with Crippen LogP contribution in [0.25, 0.3) is 0 Å². The van der Waals surface area contributed by atoms with Gasteiger partial charge in [0.05, 0.1) is 0 Å². The highest BCUT2D eigenvalue weighted by molar-refractivity contribution is 5.90. The summed E-state index contributed by atoms with van der Waals surface area (Å²) < 4.78 is 0. The van der Waals surface area contributed by atoms with Crippen molar-refractivity contribution < 1.29 is 19.5 Å². The molecular weight excluding hydrogens is 250 g/mol. The molecule has 0 aromatic heterocycles. The van der Waals surface area contributed by atoms with Gasteiger partial charge in [0, 0.05) is 19.1 Å². The first-order valence-electron chi connectivity index (χ1n) is 6.45. The molecule has 1 fully saturated rings. The van der Waals surface area contributed by atoms with Gasteiger partial charge < -0.3 is 15.3 Å². The molecule has 0 bridgehead atoms. The van der Waals surface area contributed by atoms with Crippen LogP contribution < -0.4 is 5.32 Å². The smallest absolute Gasteiger partial charge is 0.328 e. The summed E-state index contributed by atoms with van der Waals surface area (Å²) in [6, 6.07) is -1.42. The Morgan fingerprint density at radius 1 is 1.53 bits per heavy atom. The molecule has 7 nitrogen and oxygen atoms in total. The molecule has 3 amide bonds. The standard InChI is InChI=1S/C12H21N3O4/c1-4-5-14(8(2)3)12(19)15-7-10(16)13-6-9(15)11(17)18/h8-9H,4-7H2,1-3H3,(H,13,16)(H,17,18). The number of rotatable bonds is 4. The molecule has 1 rings (SSSR count). The average Bonchev–Trinajstić information content (AvgIpc) is 2.34. The van der Waals surface area contributed by atoms with Gasteiger partial charge in [0.15, 0.2) is 0 Å². The van der Waals surface area contributed by atoms with Crippen LogP contribution in [-0.4, -0.2) is 64.5 Å². The summed E-state index contributed by atoms with van der Waals surface area (Å²) in [5, 5.41) is 11.6. The van der Waals surface area contributed by atoms with E-state index in [1.807, 2.05) is 20.8 Å². The van der Waals surface area contributed by atoms with Gasteiger partial charge in [-0.15, -0.1) is 0 Å². The summed E-state index contributed by atoms with van der Waals surface area (Å²) in [5.41, 5.74) is 0. The zero-order valence-corrected chi connectivity index (χ0v) is 11.5. The zero-order valence-electron chi connectivity index (χ0n) is 11.5. The highest BCUT2D eigenvalue weighted by Crippen LogP contribution is 2.12. The van der Waals surface area contributed by atoms with Crippen molar-refractivity contribution in [3.05, 3.63) is 0 Å². The number of carbonyl (C=O) groups is 3. The lowest BCUT2D eigenvalue weighted by atomic mass is 10.2. The van der Waals surface area contributed by atoms with Gasteiger partial charge in [-0.25, -0.2) is 9.59 Å². The molecule has 1 atom stereocenters. The summed E-state index contributed by atoms with van der Waals surface area (Å²) >= 11 is 0. The topological polar surface area (TPSA) is 90.0 Å². The van der Waals surface area contributed by atoms with Gasteiger partial charge in [-0.2, -0.15) is 0 Å². The monoisotopic (exact) mass is 271 g/mol. The molecule has 1 saturated heterocycles. The number of carbonyl (C=O) groups excluding carboxylic acids is 2. The van der Waals surface area contributed by atoms with E-state index >= 15 is 0 Å². The molecule has 7 heteroatoms. The number of carboxylic acids is 1. The molecule has 0 radical (unpaired) electrons. The second-order valence-corrected chi connectivity index (χ2v) is 4.86. The molecule has 1 aliphatic rings. The first-order chi connectivity index (χ1) is 8.88. The highest BCUT2D eigenvalue weighted by atomic mass is 16.4. The van der Waals surface area contributed by atoms with Gasteiger partial charge in [-0.1, -0.05) is 6.92 Å². The van der Waals surface area contributed by atoms with Gasteiger partial charge in [-0.3, -0.25) is 9.69 Å². The average molecular weight is 271 g/mol. The Bertz CT molecular complexity index is 370. The summed E-state index contributed by atoms with van der Waals surface area (Å²) in [6.07, 6.45) is 0.779. The lowest BCUT2D eigenvalue weighted by Gasteiger charge is -2.38. The van der Waals surface area contributed by atoms with Crippen LogP contribution in [0.2, 0.25) is 0 Å². The van der Waals surface area contributed by atoms with E-state index in [9.17, 15) is 14.4 Å². The third-order valence-electron chi connectivity index (χ3n) is 3.05. The van der Waals surface area contributed by atoms with Crippen LogP contribution in [0.15, 0.2) is 0 Å². The number of urea groups is 1. The number of hydrogen-bond donors (Lipinski definition) is 2. The van der Waals surface area contributed by atoms with E-state index in [2.05, 4.69) is 5.32 Å². The van der Waals surface area contributed by atoms with Crippen molar-refractivity contribution in [2.24, 2.45) is 0 Å². The van der Waals surface area contributed by atoms with E-state index in [0.29, 0.717) is 6.54 Å². The maximum Gasteiger partial charge on any atom is 0.328 e. The van der Waals surface area contributed by atoms with Gasteiger partial charge >= 0.3 is 12.0 Å². The normalized spacial score (nSPS) is 19.3. The number of nitrogens with one attached hydrogen (secondary N) is 1. The highest BCUT2D eigenvalue weighted by Gasteiger charge is 2.37. The predicted octanol–water partition coefficient (Wildman–Crippen LogP) is 0.112. The Morgan fingerprint density at radius 2 is 2.16 bits per heavy atom.